The second-order valence-electron chi connectivity index (χ2n) is 5.71. The lowest BCUT2D eigenvalue weighted by atomic mass is 9.85. The average Bonchev–Trinajstić information content (AvgIpc) is 2.22. The van der Waals surface area contributed by atoms with Gasteiger partial charge in [-0.3, -0.25) is 4.90 Å². The van der Waals surface area contributed by atoms with Crippen LogP contribution < -0.4 is 5.73 Å². The summed E-state index contributed by atoms with van der Waals surface area (Å²) in [4.78, 5) is 2.59. The van der Waals surface area contributed by atoms with Crippen molar-refractivity contribution in [1.29, 1.82) is 0 Å². The van der Waals surface area contributed by atoms with E-state index in [2.05, 4.69) is 46.4 Å². The molecule has 0 radical (unpaired) electrons. The zero-order valence-electron chi connectivity index (χ0n) is 12.2. The Bertz CT molecular complexity index is 178. The van der Waals surface area contributed by atoms with Gasteiger partial charge in [0.2, 0.25) is 0 Å². The summed E-state index contributed by atoms with van der Waals surface area (Å²) in [6, 6.07) is 0.577. The maximum Gasteiger partial charge on any atom is 0.0329 e. The van der Waals surface area contributed by atoms with Crippen LogP contribution in [0.4, 0.5) is 0 Å². The Morgan fingerprint density at radius 2 is 1.69 bits per heavy atom. The van der Waals surface area contributed by atoms with E-state index in [1.807, 2.05) is 0 Å². The van der Waals surface area contributed by atoms with Crippen molar-refractivity contribution >= 4 is 0 Å². The summed E-state index contributed by atoms with van der Waals surface area (Å²) in [5.74, 6) is 0.599. The molecule has 0 aromatic rings. The minimum absolute atomic E-state index is 0.141. The molecule has 0 bridgehead atoms. The Labute approximate surface area is 103 Å². The molecule has 0 fully saturated rings. The Morgan fingerprint density at radius 3 is 2.00 bits per heavy atom. The molecular weight excluding hydrogens is 196 g/mol. The molecule has 0 rings (SSSR count). The van der Waals surface area contributed by atoms with Crippen molar-refractivity contribution in [2.45, 2.75) is 72.4 Å². The highest BCUT2D eigenvalue weighted by Crippen LogP contribution is 2.26. The summed E-state index contributed by atoms with van der Waals surface area (Å²) in [7, 11) is 0. The molecule has 2 heteroatoms. The van der Waals surface area contributed by atoms with Gasteiger partial charge in [-0.05, 0) is 39.7 Å². The maximum absolute atomic E-state index is 6.01. The van der Waals surface area contributed by atoms with Crippen LogP contribution in [0.2, 0.25) is 0 Å². The van der Waals surface area contributed by atoms with Crippen LogP contribution in [-0.4, -0.2) is 29.6 Å². The van der Waals surface area contributed by atoms with Crippen molar-refractivity contribution in [3.63, 3.8) is 0 Å². The summed E-state index contributed by atoms with van der Waals surface area (Å²) in [5, 5.41) is 0. The minimum Gasteiger partial charge on any atom is -0.329 e. The van der Waals surface area contributed by atoms with Crippen LogP contribution in [0.3, 0.4) is 0 Å². The molecule has 1 atom stereocenters. The summed E-state index contributed by atoms with van der Waals surface area (Å²) in [6.45, 7) is 15.6. The highest BCUT2D eigenvalue weighted by atomic mass is 15.2. The monoisotopic (exact) mass is 228 g/mol. The second-order valence-corrected chi connectivity index (χ2v) is 5.71. The molecular formula is C14H32N2. The number of rotatable bonds is 8. The Balaban J connectivity index is 4.60. The van der Waals surface area contributed by atoms with Crippen LogP contribution in [0, 0.1) is 5.92 Å². The van der Waals surface area contributed by atoms with Gasteiger partial charge in [-0.25, -0.2) is 0 Å². The highest BCUT2D eigenvalue weighted by molar-refractivity contribution is 4.91. The van der Waals surface area contributed by atoms with Gasteiger partial charge >= 0.3 is 0 Å². The SMILES string of the molecule is CCCCCN(C(C)C)C(C)(CN)C(C)C. The Hall–Kier alpha value is -0.0800. The molecule has 0 aromatic carbocycles. The Kier molecular flexibility index (Phi) is 7.25. The van der Waals surface area contributed by atoms with Crippen molar-refractivity contribution in [1.82, 2.24) is 4.90 Å². The van der Waals surface area contributed by atoms with E-state index < -0.39 is 0 Å². The standard InChI is InChI=1S/C14H32N2/c1-7-8-9-10-16(13(4)5)14(6,11-15)12(2)3/h12-13H,7-11,15H2,1-6H3. The Morgan fingerprint density at radius 1 is 1.12 bits per heavy atom. The lowest BCUT2D eigenvalue weighted by Gasteiger charge is -2.46. The predicted octanol–water partition coefficient (Wildman–Crippen LogP) is 3.26. The van der Waals surface area contributed by atoms with Gasteiger partial charge in [0.1, 0.15) is 0 Å². The number of hydrogen-bond acceptors (Lipinski definition) is 2. The minimum atomic E-state index is 0.141. The second kappa shape index (κ2) is 7.29. The van der Waals surface area contributed by atoms with Gasteiger partial charge in [-0.15, -0.1) is 0 Å². The fourth-order valence-electron chi connectivity index (χ4n) is 2.32. The van der Waals surface area contributed by atoms with Gasteiger partial charge in [-0.2, -0.15) is 0 Å². The van der Waals surface area contributed by atoms with Gasteiger partial charge in [0.05, 0.1) is 0 Å². The first-order valence-corrected chi connectivity index (χ1v) is 6.87. The fourth-order valence-corrected chi connectivity index (χ4v) is 2.32. The van der Waals surface area contributed by atoms with Crippen LogP contribution in [0.15, 0.2) is 0 Å². The largest absolute Gasteiger partial charge is 0.329 e. The van der Waals surface area contributed by atoms with E-state index in [1.54, 1.807) is 0 Å². The predicted molar refractivity (Wildman–Crippen MR) is 73.7 cm³/mol. The molecule has 0 heterocycles. The van der Waals surface area contributed by atoms with E-state index in [9.17, 15) is 0 Å². The normalized spacial score (nSPS) is 16.1. The lowest BCUT2D eigenvalue weighted by molar-refractivity contribution is 0.0369. The number of nitrogens with two attached hydrogens (primary N) is 1. The third-order valence-corrected chi connectivity index (χ3v) is 3.94. The van der Waals surface area contributed by atoms with E-state index in [0.29, 0.717) is 12.0 Å². The lowest BCUT2D eigenvalue weighted by Crippen LogP contribution is -2.58. The molecule has 2 nitrogen and oxygen atoms in total. The molecule has 0 saturated carbocycles. The summed E-state index contributed by atoms with van der Waals surface area (Å²) in [6.07, 6.45) is 3.89. The van der Waals surface area contributed by atoms with E-state index >= 15 is 0 Å². The molecule has 0 aliphatic rings. The first-order valence-electron chi connectivity index (χ1n) is 6.87. The van der Waals surface area contributed by atoms with Crippen LogP contribution in [0.1, 0.15) is 60.8 Å². The van der Waals surface area contributed by atoms with Gasteiger partial charge in [0.15, 0.2) is 0 Å². The number of hydrogen-bond donors (Lipinski definition) is 1. The van der Waals surface area contributed by atoms with Crippen LogP contribution in [-0.2, 0) is 0 Å². The first kappa shape index (κ1) is 15.9. The van der Waals surface area contributed by atoms with Crippen molar-refractivity contribution in [2.24, 2.45) is 11.7 Å². The maximum atomic E-state index is 6.01. The number of unbranched alkanes of at least 4 members (excludes halogenated alkanes) is 2. The quantitative estimate of drug-likeness (QED) is 0.646. The molecule has 0 amide bonds. The van der Waals surface area contributed by atoms with Crippen LogP contribution in [0.25, 0.3) is 0 Å². The van der Waals surface area contributed by atoms with Crippen molar-refractivity contribution in [2.75, 3.05) is 13.1 Å². The van der Waals surface area contributed by atoms with Crippen molar-refractivity contribution in [3.05, 3.63) is 0 Å². The summed E-state index contributed by atoms with van der Waals surface area (Å²) >= 11 is 0. The topological polar surface area (TPSA) is 29.3 Å². The third-order valence-electron chi connectivity index (χ3n) is 3.94. The summed E-state index contributed by atoms with van der Waals surface area (Å²) < 4.78 is 0. The molecule has 0 saturated heterocycles. The molecule has 98 valence electrons. The van der Waals surface area contributed by atoms with Gasteiger partial charge in [0.25, 0.3) is 0 Å². The highest BCUT2D eigenvalue weighted by Gasteiger charge is 2.34. The van der Waals surface area contributed by atoms with E-state index in [-0.39, 0.29) is 5.54 Å². The smallest absolute Gasteiger partial charge is 0.0329 e. The zero-order chi connectivity index (χ0) is 12.8. The van der Waals surface area contributed by atoms with Gasteiger partial charge in [0, 0.05) is 18.1 Å². The van der Waals surface area contributed by atoms with Gasteiger partial charge < -0.3 is 5.73 Å². The molecule has 0 aromatic heterocycles. The molecule has 0 aliphatic heterocycles. The van der Waals surface area contributed by atoms with Crippen molar-refractivity contribution < 1.29 is 0 Å². The number of nitrogens with zero attached hydrogens (tertiary/aromatic N) is 1. The summed E-state index contributed by atoms with van der Waals surface area (Å²) in [5.41, 5.74) is 6.15. The van der Waals surface area contributed by atoms with Crippen molar-refractivity contribution in [3.8, 4) is 0 Å². The molecule has 1 unspecified atom stereocenters. The molecule has 0 aliphatic carbocycles. The van der Waals surface area contributed by atoms with Crippen LogP contribution >= 0.6 is 0 Å². The third kappa shape index (κ3) is 4.06. The van der Waals surface area contributed by atoms with E-state index in [4.69, 9.17) is 5.73 Å². The van der Waals surface area contributed by atoms with E-state index in [1.165, 1.54) is 25.8 Å². The first-order chi connectivity index (χ1) is 7.40. The molecule has 0 spiro atoms. The van der Waals surface area contributed by atoms with E-state index in [0.717, 1.165) is 6.54 Å². The van der Waals surface area contributed by atoms with Crippen LogP contribution in [0.5, 0.6) is 0 Å². The molecule has 2 N–H and O–H groups in total. The fraction of sp³-hybridized carbons (Fsp3) is 1.00. The average molecular weight is 228 g/mol. The van der Waals surface area contributed by atoms with Gasteiger partial charge in [-0.1, -0.05) is 33.6 Å². The molecule has 16 heavy (non-hydrogen) atoms. The zero-order valence-corrected chi connectivity index (χ0v) is 12.2.